The van der Waals surface area contributed by atoms with Crippen molar-refractivity contribution in [3.63, 3.8) is 0 Å². The molecule has 2 aliphatic heterocycles. The summed E-state index contributed by atoms with van der Waals surface area (Å²) in [5.41, 5.74) is 1.36. The summed E-state index contributed by atoms with van der Waals surface area (Å²) in [7, 11) is 0. The van der Waals surface area contributed by atoms with Gasteiger partial charge in [-0.05, 0) is 80.0 Å². The third-order valence-corrected chi connectivity index (χ3v) is 7.91. The van der Waals surface area contributed by atoms with E-state index in [0.29, 0.717) is 43.3 Å². The maximum atomic E-state index is 15.2. The smallest absolute Gasteiger partial charge is 0.326 e. The average Bonchev–Trinajstić information content (AvgIpc) is 3.42. The van der Waals surface area contributed by atoms with Crippen molar-refractivity contribution in [3.8, 4) is 5.75 Å². The summed E-state index contributed by atoms with van der Waals surface area (Å²) in [5.74, 6) is -2.03. The Labute approximate surface area is 220 Å². The lowest BCUT2D eigenvalue weighted by molar-refractivity contribution is -0.141. The van der Waals surface area contributed by atoms with Crippen LogP contribution < -0.4 is 4.74 Å². The number of benzene rings is 2. The molecule has 0 radical (unpaired) electrons. The Balaban J connectivity index is 1.28. The van der Waals surface area contributed by atoms with Crippen molar-refractivity contribution in [1.29, 1.82) is 0 Å². The maximum absolute atomic E-state index is 15.2. The molecule has 0 unspecified atom stereocenters. The van der Waals surface area contributed by atoms with E-state index in [9.17, 15) is 19.1 Å². The molecule has 0 spiro atoms. The molecule has 1 saturated carbocycles. The monoisotopic (exact) mass is 532 g/mol. The van der Waals surface area contributed by atoms with Gasteiger partial charge >= 0.3 is 5.97 Å². The Kier molecular flexibility index (Phi) is 7.16. The van der Waals surface area contributed by atoms with Gasteiger partial charge in [-0.1, -0.05) is 18.5 Å². The predicted octanol–water partition coefficient (Wildman–Crippen LogP) is 5.48. The summed E-state index contributed by atoms with van der Waals surface area (Å²) < 4.78 is 35.1. The fourth-order valence-corrected chi connectivity index (χ4v) is 5.83. The molecule has 2 aromatic rings. The van der Waals surface area contributed by atoms with Gasteiger partial charge in [0.05, 0.1) is 12.2 Å². The van der Waals surface area contributed by atoms with Crippen molar-refractivity contribution >= 4 is 23.5 Å². The number of carbonyl (C=O) groups is 2. The number of nitrogens with zero attached hydrogens (tertiary/aromatic N) is 2. The first kappa shape index (κ1) is 25.9. The van der Waals surface area contributed by atoms with E-state index in [1.54, 1.807) is 12.1 Å². The van der Waals surface area contributed by atoms with Gasteiger partial charge in [0.25, 0.3) is 5.91 Å². The van der Waals surface area contributed by atoms with Gasteiger partial charge in [0.1, 0.15) is 23.4 Å². The Hall–Kier alpha value is -2.71. The number of ether oxygens (including phenoxy) is 1. The van der Waals surface area contributed by atoms with Crippen LogP contribution in [0.1, 0.15) is 66.4 Å². The molecule has 9 heteroatoms. The Bertz CT molecular complexity index is 1200. The van der Waals surface area contributed by atoms with Crippen LogP contribution in [0.25, 0.3) is 0 Å². The molecule has 2 heterocycles. The minimum Gasteiger partial charge on any atom is -0.493 e. The van der Waals surface area contributed by atoms with Crippen LogP contribution in [0, 0.1) is 17.0 Å². The van der Waals surface area contributed by atoms with Crippen LogP contribution in [-0.4, -0.2) is 59.1 Å². The van der Waals surface area contributed by atoms with E-state index in [0.717, 1.165) is 43.5 Å². The van der Waals surface area contributed by atoms with E-state index >= 15 is 4.39 Å². The van der Waals surface area contributed by atoms with Gasteiger partial charge in [-0.2, -0.15) is 0 Å². The molecule has 198 valence electrons. The van der Waals surface area contributed by atoms with E-state index in [4.69, 9.17) is 16.3 Å². The zero-order chi connectivity index (χ0) is 26.3. The first-order valence-corrected chi connectivity index (χ1v) is 13.2. The molecule has 1 aliphatic carbocycles. The number of likely N-dealkylation sites (tertiary alicyclic amines) is 2. The number of rotatable bonds is 8. The summed E-state index contributed by atoms with van der Waals surface area (Å²) >= 11 is 6.00. The van der Waals surface area contributed by atoms with E-state index in [-0.39, 0.29) is 22.7 Å². The third-order valence-electron chi connectivity index (χ3n) is 7.69. The highest BCUT2D eigenvalue weighted by Gasteiger charge is 2.38. The van der Waals surface area contributed by atoms with Crippen LogP contribution in [0.2, 0.25) is 5.02 Å². The molecule has 0 bridgehead atoms. The minimum absolute atomic E-state index is 0.0885. The van der Waals surface area contributed by atoms with Crippen molar-refractivity contribution in [2.45, 2.75) is 57.5 Å². The van der Waals surface area contributed by atoms with Gasteiger partial charge in [0, 0.05) is 36.1 Å². The van der Waals surface area contributed by atoms with E-state index < -0.39 is 23.7 Å². The standard InChI is InChI=1S/C28H31ClF2N2O4/c1-28(6-8-32(15-28)14-17-9-19(29)11-20(30)10-17)16-37-25-13-23(31)22(12-21(25)18-4-5-18)26(34)33-7-2-3-24(33)27(35)36/h9-13,18,24H,2-8,14-16H2,1H3,(H,35,36)/t24-,28-/m0/s1. The fourth-order valence-electron chi connectivity index (χ4n) is 5.59. The van der Waals surface area contributed by atoms with Crippen molar-refractivity contribution in [3.05, 3.63) is 63.7 Å². The zero-order valence-electron chi connectivity index (χ0n) is 20.8. The third kappa shape index (κ3) is 5.75. The fraction of sp³-hybridized carbons (Fsp3) is 0.500. The van der Waals surface area contributed by atoms with Crippen LogP contribution in [-0.2, 0) is 11.3 Å². The normalized spacial score (nSPS) is 24.0. The first-order valence-electron chi connectivity index (χ1n) is 12.8. The van der Waals surface area contributed by atoms with Gasteiger partial charge in [-0.15, -0.1) is 0 Å². The van der Waals surface area contributed by atoms with Crippen molar-refractivity contribution < 1.29 is 28.2 Å². The number of hydrogen-bond donors (Lipinski definition) is 1. The summed E-state index contributed by atoms with van der Waals surface area (Å²) in [4.78, 5) is 28.1. The number of carbonyl (C=O) groups excluding carboxylic acids is 1. The number of carboxylic acids is 1. The molecular formula is C28H31ClF2N2O4. The molecule has 0 aromatic heterocycles. The van der Waals surface area contributed by atoms with Crippen molar-refractivity contribution in [2.75, 3.05) is 26.2 Å². The topological polar surface area (TPSA) is 70.1 Å². The quantitative estimate of drug-likeness (QED) is 0.488. The molecule has 3 aliphatic rings. The lowest BCUT2D eigenvalue weighted by Gasteiger charge is -2.26. The van der Waals surface area contributed by atoms with E-state index in [1.165, 1.54) is 23.1 Å². The summed E-state index contributed by atoms with van der Waals surface area (Å²) in [5, 5.41) is 9.81. The highest BCUT2D eigenvalue weighted by Crippen LogP contribution is 2.46. The minimum atomic E-state index is -1.06. The number of aliphatic carboxylic acids is 1. The first-order chi connectivity index (χ1) is 17.6. The SMILES string of the molecule is C[C@]1(COc2cc(F)c(C(=O)N3CCC[C@H]3C(=O)O)cc2C2CC2)CCN(Cc2cc(F)cc(Cl)c2)C1. The Morgan fingerprint density at radius 1 is 1.14 bits per heavy atom. The van der Waals surface area contributed by atoms with Crippen LogP contribution in [0.15, 0.2) is 30.3 Å². The molecule has 1 amide bonds. The van der Waals surface area contributed by atoms with Gasteiger partial charge in [-0.25, -0.2) is 13.6 Å². The van der Waals surface area contributed by atoms with Crippen LogP contribution in [0.5, 0.6) is 5.75 Å². The molecule has 6 nitrogen and oxygen atoms in total. The second-order valence-corrected chi connectivity index (χ2v) is 11.4. The highest BCUT2D eigenvalue weighted by molar-refractivity contribution is 6.30. The Morgan fingerprint density at radius 2 is 1.92 bits per heavy atom. The van der Waals surface area contributed by atoms with Crippen LogP contribution in [0.3, 0.4) is 0 Å². The van der Waals surface area contributed by atoms with Crippen LogP contribution in [0.4, 0.5) is 8.78 Å². The van der Waals surface area contributed by atoms with E-state index in [1.807, 2.05) is 0 Å². The number of hydrogen-bond acceptors (Lipinski definition) is 4. The lowest BCUT2D eigenvalue weighted by Crippen LogP contribution is -2.40. The van der Waals surface area contributed by atoms with Crippen molar-refractivity contribution in [2.24, 2.45) is 5.41 Å². The molecule has 37 heavy (non-hydrogen) atoms. The van der Waals surface area contributed by atoms with Gasteiger partial charge < -0.3 is 14.7 Å². The average molecular weight is 533 g/mol. The second-order valence-electron chi connectivity index (χ2n) is 11.0. The largest absolute Gasteiger partial charge is 0.493 e. The van der Waals surface area contributed by atoms with Gasteiger partial charge in [-0.3, -0.25) is 9.69 Å². The zero-order valence-corrected chi connectivity index (χ0v) is 21.6. The van der Waals surface area contributed by atoms with Crippen LogP contribution >= 0.6 is 11.6 Å². The summed E-state index contributed by atoms with van der Waals surface area (Å²) in [6, 6.07) is 6.49. The molecule has 3 fully saturated rings. The van der Waals surface area contributed by atoms with E-state index in [2.05, 4.69) is 11.8 Å². The maximum Gasteiger partial charge on any atom is 0.326 e. The Morgan fingerprint density at radius 3 is 2.62 bits per heavy atom. The summed E-state index contributed by atoms with van der Waals surface area (Å²) in [6.07, 6.45) is 3.72. The lowest BCUT2D eigenvalue weighted by atomic mass is 9.91. The van der Waals surface area contributed by atoms with Gasteiger partial charge in [0.15, 0.2) is 0 Å². The number of amides is 1. The molecule has 2 aromatic carbocycles. The molecule has 1 N–H and O–H groups in total. The molecule has 5 rings (SSSR count). The summed E-state index contributed by atoms with van der Waals surface area (Å²) in [6.45, 7) is 4.96. The number of carboxylic acid groups (broad SMARTS) is 1. The highest BCUT2D eigenvalue weighted by atomic mass is 35.5. The molecular weight excluding hydrogens is 502 g/mol. The van der Waals surface area contributed by atoms with Crippen molar-refractivity contribution in [1.82, 2.24) is 9.80 Å². The number of halogens is 3. The predicted molar refractivity (Wildman–Crippen MR) is 135 cm³/mol. The molecule has 2 saturated heterocycles. The van der Waals surface area contributed by atoms with Gasteiger partial charge in [0.2, 0.25) is 0 Å². The second kappa shape index (κ2) is 10.2. The molecule has 2 atom stereocenters.